The van der Waals surface area contributed by atoms with Crippen LogP contribution in [0.5, 0.6) is 0 Å². The van der Waals surface area contributed by atoms with Crippen molar-refractivity contribution in [3.05, 3.63) is 35.4 Å². The molecule has 2 N–H and O–H groups in total. The summed E-state index contributed by atoms with van der Waals surface area (Å²) in [7, 11) is 0. The monoisotopic (exact) mass is 303 g/mol. The fraction of sp³-hybridized carbons (Fsp3) is 0.556. The zero-order valence-electron chi connectivity index (χ0n) is 13.6. The molecular weight excluding hydrogens is 278 g/mol. The molecule has 0 bridgehead atoms. The molecular formula is C18H25NO3. The predicted molar refractivity (Wildman–Crippen MR) is 85.8 cm³/mol. The Morgan fingerprint density at radius 1 is 1.32 bits per heavy atom. The van der Waals surface area contributed by atoms with Gasteiger partial charge in [-0.3, -0.25) is 9.59 Å². The summed E-state index contributed by atoms with van der Waals surface area (Å²) in [6.45, 7) is 6.72. The van der Waals surface area contributed by atoms with Crippen molar-refractivity contribution in [3.63, 3.8) is 0 Å². The molecule has 2 rings (SSSR count). The van der Waals surface area contributed by atoms with Gasteiger partial charge in [-0.15, -0.1) is 0 Å². The highest BCUT2D eigenvalue weighted by atomic mass is 16.4. The van der Waals surface area contributed by atoms with Crippen LogP contribution in [-0.4, -0.2) is 23.5 Å². The Hall–Kier alpha value is -1.84. The van der Waals surface area contributed by atoms with E-state index in [1.54, 1.807) is 0 Å². The molecule has 0 atom stereocenters. The van der Waals surface area contributed by atoms with E-state index in [0.29, 0.717) is 19.4 Å². The zero-order valence-corrected chi connectivity index (χ0v) is 13.6. The summed E-state index contributed by atoms with van der Waals surface area (Å²) in [5.41, 5.74) is 1.36. The number of nitrogens with one attached hydrogen (secondary N) is 1. The van der Waals surface area contributed by atoms with E-state index >= 15 is 0 Å². The van der Waals surface area contributed by atoms with Crippen LogP contribution in [0.15, 0.2) is 24.3 Å². The maximum absolute atomic E-state index is 12.1. The van der Waals surface area contributed by atoms with Crippen molar-refractivity contribution in [1.29, 1.82) is 0 Å². The molecule has 1 amide bonds. The Balaban J connectivity index is 1.94. The lowest BCUT2D eigenvalue weighted by Crippen LogP contribution is -2.44. The van der Waals surface area contributed by atoms with E-state index < -0.39 is 11.4 Å². The van der Waals surface area contributed by atoms with Gasteiger partial charge in [-0.25, -0.2) is 0 Å². The first-order valence-electron chi connectivity index (χ1n) is 7.82. The maximum Gasteiger partial charge on any atom is 0.310 e. The molecule has 0 aliphatic heterocycles. The number of carbonyl (C=O) groups excluding carboxylic acids is 1. The van der Waals surface area contributed by atoms with Crippen molar-refractivity contribution in [2.24, 2.45) is 5.41 Å². The molecule has 0 spiro atoms. The lowest BCUT2D eigenvalue weighted by Gasteiger charge is -2.37. The van der Waals surface area contributed by atoms with Gasteiger partial charge in [0.15, 0.2) is 0 Å². The molecule has 0 saturated heterocycles. The predicted octanol–water partition coefficient (Wildman–Crippen LogP) is 3.03. The van der Waals surface area contributed by atoms with Crippen LogP contribution < -0.4 is 5.32 Å². The van der Waals surface area contributed by atoms with Gasteiger partial charge in [0.25, 0.3) is 0 Å². The summed E-state index contributed by atoms with van der Waals surface area (Å²) >= 11 is 0. The van der Waals surface area contributed by atoms with Gasteiger partial charge in [0, 0.05) is 18.4 Å². The Morgan fingerprint density at radius 3 is 2.50 bits per heavy atom. The summed E-state index contributed by atoms with van der Waals surface area (Å²) in [5.74, 6) is -1.00. The molecule has 0 unspecified atom stereocenters. The summed E-state index contributed by atoms with van der Waals surface area (Å²) in [4.78, 5) is 23.4. The number of carboxylic acids is 1. The van der Waals surface area contributed by atoms with E-state index in [1.165, 1.54) is 11.1 Å². The number of rotatable bonds is 6. The maximum atomic E-state index is 12.1. The molecule has 1 aliphatic rings. The zero-order chi connectivity index (χ0) is 16.4. The third kappa shape index (κ3) is 3.49. The lowest BCUT2D eigenvalue weighted by atomic mass is 9.66. The van der Waals surface area contributed by atoms with Crippen molar-refractivity contribution in [2.75, 3.05) is 6.54 Å². The number of benzene rings is 1. The molecule has 0 aromatic heterocycles. The van der Waals surface area contributed by atoms with Gasteiger partial charge in [0.2, 0.25) is 5.91 Å². The first-order valence-corrected chi connectivity index (χ1v) is 7.82. The van der Waals surface area contributed by atoms with Gasteiger partial charge in [0.1, 0.15) is 0 Å². The van der Waals surface area contributed by atoms with E-state index in [4.69, 9.17) is 0 Å². The number of carboxylic acid groups (broad SMARTS) is 1. The lowest BCUT2D eigenvalue weighted by molar-refractivity contribution is -0.157. The Kier molecular flexibility index (Phi) is 4.59. The fourth-order valence-corrected chi connectivity index (χ4v) is 2.93. The largest absolute Gasteiger partial charge is 0.481 e. The van der Waals surface area contributed by atoms with E-state index in [1.807, 2.05) is 19.1 Å². The standard InChI is InChI=1S/C18H25NO3/c1-13-6-4-7-14(10-13)17(2,3)12-19-15(20)11-18(16(21)22)8-5-9-18/h4,6-7,10H,5,8-9,11-12H2,1-3H3,(H,19,20)(H,21,22). The van der Waals surface area contributed by atoms with Crippen molar-refractivity contribution >= 4 is 11.9 Å². The van der Waals surface area contributed by atoms with E-state index in [-0.39, 0.29) is 17.7 Å². The minimum absolute atomic E-state index is 0.0895. The number of hydrogen-bond acceptors (Lipinski definition) is 2. The number of aryl methyl sites for hydroxylation is 1. The van der Waals surface area contributed by atoms with Gasteiger partial charge in [-0.1, -0.05) is 50.1 Å². The number of hydrogen-bond donors (Lipinski definition) is 2. The number of carbonyl (C=O) groups is 2. The van der Waals surface area contributed by atoms with Crippen molar-refractivity contribution in [1.82, 2.24) is 5.32 Å². The molecule has 1 saturated carbocycles. The van der Waals surface area contributed by atoms with Crippen LogP contribution in [-0.2, 0) is 15.0 Å². The van der Waals surface area contributed by atoms with Gasteiger partial charge in [-0.05, 0) is 25.3 Å². The smallest absolute Gasteiger partial charge is 0.310 e. The fourth-order valence-electron chi connectivity index (χ4n) is 2.93. The molecule has 1 fully saturated rings. The second kappa shape index (κ2) is 6.11. The summed E-state index contributed by atoms with van der Waals surface area (Å²) in [5, 5.41) is 12.2. The molecule has 4 heteroatoms. The van der Waals surface area contributed by atoms with Crippen LogP contribution in [0.25, 0.3) is 0 Å². The quantitative estimate of drug-likeness (QED) is 0.849. The van der Waals surface area contributed by atoms with Crippen LogP contribution in [0, 0.1) is 12.3 Å². The van der Waals surface area contributed by atoms with E-state index in [2.05, 4.69) is 31.3 Å². The Labute approximate surface area is 131 Å². The van der Waals surface area contributed by atoms with Crippen LogP contribution in [0.4, 0.5) is 0 Å². The Bertz CT molecular complexity index is 573. The van der Waals surface area contributed by atoms with Crippen molar-refractivity contribution < 1.29 is 14.7 Å². The highest BCUT2D eigenvalue weighted by molar-refractivity contribution is 5.85. The second-order valence-electron chi connectivity index (χ2n) is 7.15. The van der Waals surface area contributed by atoms with Gasteiger partial charge in [-0.2, -0.15) is 0 Å². The van der Waals surface area contributed by atoms with Gasteiger partial charge < -0.3 is 10.4 Å². The number of aliphatic carboxylic acids is 1. The summed E-state index contributed by atoms with van der Waals surface area (Å²) in [6, 6.07) is 8.24. The third-order valence-corrected chi connectivity index (χ3v) is 4.79. The minimum Gasteiger partial charge on any atom is -0.481 e. The summed E-state index contributed by atoms with van der Waals surface area (Å²) < 4.78 is 0. The molecule has 120 valence electrons. The molecule has 4 nitrogen and oxygen atoms in total. The molecule has 22 heavy (non-hydrogen) atoms. The van der Waals surface area contributed by atoms with Gasteiger partial charge >= 0.3 is 5.97 Å². The number of amides is 1. The van der Waals surface area contributed by atoms with Crippen LogP contribution in [0.1, 0.15) is 50.7 Å². The summed E-state index contributed by atoms with van der Waals surface area (Å²) in [6.07, 6.45) is 2.20. The molecule has 1 aromatic rings. The average molecular weight is 303 g/mol. The second-order valence-corrected chi connectivity index (χ2v) is 7.15. The average Bonchev–Trinajstić information content (AvgIpc) is 2.40. The molecule has 0 radical (unpaired) electrons. The van der Waals surface area contributed by atoms with Crippen LogP contribution in [0.3, 0.4) is 0 Å². The highest BCUT2D eigenvalue weighted by Gasteiger charge is 2.45. The van der Waals surface area contributed by atoms with Crippen LogP contribution in [0.2, 0.25) is 0 Å². The van der Waals surface area contributed by atoms with E-state index in [9.17, 15) is 14.7 Å². The van der Waals surface area contributed by atoms with Crippen LogP contribution >= 0.6 is 0 Å². The molecule has 1 aliphatic carbocycles. The van der Waals surface area contributed by atoms with Gasteiger partial charge in [0.05, 0.1) is 5.41 Å². The topological polar surface area (TPSA) is 66.4 Å². The molecule has 0 heterocycles. The van der Waals surface area contributed by atoms with Crippen molar-refractivity contribution in [3.8, 4) is 0 Å². The SMILES string of the molecule is Cc1cccc(C(C)(C)CNC(=O)CC2(C(=O)O)CCC2)c1. The highest BCUT2D eigenvalue weighted by Crippen LogP contribution is 2.44. The van der Waals surface area contributed by atoms with Crippen molar-refractivity contribution in [2.45, 2.75) is 51.9 Å². The minimum atomic E-state index is -0.841. The first-order chi connectivity index (χ1) is 10.3. The first kappa shape index (κ1) is 16.5. The van der Waals surface area contributed by atoms with E-state index in [0.717, 1.165) is 6.42 Å². The normalized spacial score (nSPS) is 16.7. The Morgan fingerprint density at radius 2 is 2.00 bits per heavy atom. The third-order valence-electron chi connectivity index (χ3n) is 4.79. The molecule has 1 aromatic carbocycles.